The average Bonchev–Trinajstić information content (AvgIpc) is 2.61. The number of likely N-dealkylation sites (tertiary alicyclic amines) is 1. The fraction of sp³-hybridized carbons (Fsp3) is 0.400. The summed E-state index contributed by atoms with van der Waals surface area (Å²) in [6, 6.07) is 14.0. The summed E-state index contributed by atoms with van der Waals surface area (Å²) in [7, 11) is 1.50. The van der Waals surface area contributed by atoms with E-state index in [9.17, 15) is 13.2 Å². The van der Waals surface area contributed by atoms with Crippen LogP contribution in [0.15, 0.2) is 48.5 Å². The summed E-state index contributed by atoms with van der Waals surface area (Å²) in [4.78, 5) is 2.19. The number of benzene rings is 2. The molecule has 3 rings (SSSR count). The number of rotatable bonds is 5. The standard InChI is InChI=1S/C20H23F3N2O2/c1-26-18-10-9-16(27-20(21,22)23)12-15(18)13-25-11-5-8-17(24)19(25)14-6-3-2-4-7-14/h2-4,6-7,9-10,12,17,19H,5,8,11,13,24H2,1H3. The highest BCUT2D eigenvalue weighted by atomic mass is 19.4. The normalized spacial score (nSPS) is 21.1. The van der Waals surface area contributed by atoms with Crippen LogP contribution in [0.3, 0.4) is 0 Å². The van der Waals surface area contributed by atoms with Gasteiger partial charge in [-0.1, -0.05) is 30.3 Å². The monoisotopic (exact) mass is 380 g/mol. The van der Waals surface area contributed by atoms with E-state index in [-0.39, 0.29) is 17.8 Å². The molecule has 4 nitrogen and oxygen atoms in total. The van der Waals surface area contributed by atoms with E-state index in [2.05, 4.69) is 9.64 Å². The third-order valence-corrected chi connectivity index (χ3v) is 4.78. The number of halogens is 3. The van der Waals surface area contributed by atoms with E-state index < -0.39 is 6.36 Å². The number of piperidine rings is 1. The maximum atomic E-state index is 12.6. The molecule has 146 valence electrons. The van der Waals surface area contributed by atoms with Crippen molar-refractivity contribution in [2.75, 3.05) is 13.7 Å². The van der Waals surface area contributed by atoms with Gasteiger partial charge in [0.25, 0.3) is 0 Å². The second kappa shape index (κ2) is 8.19. The van der Waals surface area contributed by atoms with Gasteiger partial charge in [0.05, 0.1) is 13.2 Å². The van der Waals surface area contributed by atoms with E-state index >= 15 is 0 Å². The van der Waals surface area contributed by atoms with E-state index in [1.54, 1.807) is 0 Å². The lowest BCUT2D eigenvalue weighted by molar-refractivity contribution is -0.274. The van der Waals surface area contributed by atoms with E-state index in [0.717, 1.165) is 24.9 Å². The predicted molar refractivity (Wildman–Crippen MR) is 96.5 cm³/mol. The first kappa shape index (κ1) is 19.5. The lowest BCUT2D eigenvalue weighted by Gasteiger charge is -2.40. The van der Waals surface area contributed by atoms with E-state index in [1.165, 1.54) is 25.3 Å². The Bertz CT molecular complexity index is 753. The molecule has 0 radical (unpaired) electrons. The predicted octanol–water partition coefficient (Wildman–Crippen LogP) is 4.26. The number of ether oxygens (including phenoxy) is 2. The Hall–Kier alpha value is -2.25. The lowest BCUT2D eigenvalue weighted by Crippen LogP contribution is -2.45. The van der Waals surface area contributed by atoms with E-state index in [0.29, 0.717) is 17.9 Å². The number of hydrogen-bond donors (Lipinski definition) is 1. The minimum absolute atomic E-state index is 0.00292. The summed E-state index contributed by atoms with van der Waals surface area (Å²) >= 11 is 0. The number of nitrogens with two attached hydrogens (primary N) is 1. The zero-order valence-electron chi connectivity index (χ0n) is 15.1. The van der Waals surface area contributed by atoms with Crippen molar-refractivity contribution in [2.24, 2.45) is 5.73 Å². The van der Waals surface area contributed by atoms with Crippen molar-refractivity contribution < 1.29 is 22.6 Å². The molecule has 1 fully saturated rings. The summed E-state index contributed by atoms with van der Waals surface area (Å²) in [5, 5.41) is 0. The Labute approximate surface area is 156 Å². The highest BCUT2D eigenvalue weighted by Gasteiger charge is 2.33. The second-order valence-electron chi connectivity index (χ2n) is 6.65. The summed E-state index contributed by atoms with van der Waals surface area (Å²) in [6.07, 6.45) is -2.89. The Morgan fingerprint density at radius 1 is 1.15 bits per heavy atom. The van der Waals surface area contributed by atoms with E-state index in [1.807, 2.05) is 30.3 Å². The van der Waals surface area contributed by atoms with Gasteiger partial charge in [-0.25, -0.2) is 0 Å². The van der Waals surface area contributed by atoms with Crippen molar-refractivity contribution in [3.05, 3.63) is 59.7 Å². The molecule has 2 aromatic carbocycles. The quantitative estimate of drug-likeness (QED) is 0.842. The van der Waals surface area contributed by atoms with Gasteiger partial charge in [0.2, 0.25) is 0 Å². The van der Waals surface area contributed by atoms with Crippen molar-refractivity contribution >= 4 is 0 Å². The van der Waals surface area contributed by atoms with Gasteiger partial charge < -0.3 is 15.2 Å². The number of hydrogen-bond acceptors (Lipinski definition) is 4. The van der Waals surface area contributed by atoms with Gasteiger partial charge >= 0.3 is 6.36 Å². The summed E-state index contributed by atoms with van der Waals surface area (Å²) in [6.45, 7) is 1.23. The average molecular weight is 380 g/mol. The molecule has 1 aliphatic heterocycles. The van der Waals surface area contributed by atoms with Crippen LogP contribution >= 0.6 is 0 Å². The minimum Gasteiger partial charge on any atom is -0.496 e. The van der Waals surface area contributed by atoms with Gasteiger partial charge in [-0.05, 0) is 43.1 Å². The van der Waals surface area contributed by atoms with Gasteiger partial charge in [-0.15, -0.1) is 13.2 Å². The Kier molecular flexibility index (Phi) is 5.92. The number of alkyl halides is 3. The molecule has 0 amide bonds. The molecule has 0 spiro atoms. The summed E-state index contributed by atoms with van der Waals surface area (Å²) in [5.74, 6) is 0.270. The van der Waals surface area contributed by atoms with Crippen LogP contribution in [-0.2, 0) is 6.54 Å². The zero-order valence-corrected chi connectivity index (χ0v) is 15.1. The van der Waals surface area contributed by atoms with Gasteiger partial charge in [0, 0.05) is 18.2 Å². The molecule has 1 heterocycles. The SMILES string of the molecule is COc1ccc(OC(F)(F)F)cc1CN1CCCC(N)C1c1ccccc1. The second-order valence-corrected chi connectivity index (χ2v) is 6.65. The Morgan fingerprint density at radius 2 is 1.89 bits per heavy atom. The van der Waals surface area contributed by atoms with Crippen LogP contribution in [0.25, 0.3) is 0 Å². The van der Waals surface area contributed by atoms with Crippen molar-refractivity contribution in [2.45, 2.75) is 37.8 Å². The van der Waals surface area contributed by atoms with Crippen LogP contribution in [-0.4, -0.2) is 31.0 Å². The molecule has 0 bridgehead atoms. The van der Waals surface area contributed by atoms with Crippen molar-refractivity contribution in [1.82, 2.24) is 4.90 Å². The van der Waals surface area contributed by atoms with Crippen LogP contribution in [0.5, 0.6) is 11.5 Å². The highest BCUT2D eigenvalue weighted by molar-refractivity contribution is 5.40. The topological polar surface area (TPSA) is 47.7 Å². The van der Waals surface area contributed by atoms with Gasteiger partial charge in [-0.3, -0.25) is 4.90 Å². The smallest absolute Gasteiger partial charge is 0.496 e. The molecule has 0 aliphatic carbocycles. The molecule has 1 aliphatic rings. The van der Waals surface area contributed by atoms with Gasteiger partial charge in [0.1, 0.15) is 11.5 Å². The fourth-order valence-corrected chi connectivity index (χ4v) is 3.68. The molecule has 0 aromatic heterocycles. The zero-order chi connectivity index (χ0) is 19.4. The highest BCUT2D eigenvalue weighted by Crippen LogP contribution is 2.35. The van der Waals surface area contributed by atoms with Crippen LogP contribution in [0.1, 0.15) is 30.0 Å². The van der Waals surface area contributed by atoms with Crippen molar-refractivity contribution in [1.29, 1.82) is 0 Å². The molecular weight excluding hydrogens is 357 g/mol. The van der Waals surface area contributed by atoms with Crippen LogP contribution < -0.4 is 15.2 Å². The maximum Gasteiger partial charge on any atom is 0.573 e. The van der Waals surface area contributed by atoms with Crippen molar-refractivity contribution in [3.63, 3.8) is 0 Å². The number of nitrogens with zero attached hydrogens (tertiary/aromatic N) is 1. The molecule has 2 unspecified atom stereocenters. The molecule has 27 heavy (non-hydrogen) atoms. The van der Waals surface area contributed by atoms with Crippen molar-refractivity contribution in [3.8, 4) is 11.5 Å². The Balaban J connectivity index is 1.88. The molecular formula is C20H23F3N2O2. The van der Waals surface area contributed by atoms with Gasteiger partial charge in [0.15, 0.2) is 0 Å². The summed E-state index contributed by atoms with van der Waals surface area (Å²) < 4.78 is 47.1. The number of methoxy groups -OCH3 is 1. The molecule has 2 atom stereocenters. The maximum absolute atomic E-state index is 12.6. The molecule has 0 saturated carbocycles. The molecule has 7 heteroatoms. The van der Waals surface area contributed by atoms with Crippen LogP contribution in [0.4, 0.5) is 13.2 Å². The summed E-state index contributed by atoms with van der Waals surface area (Å²) in [5.41, 5.74) is 8.13. The minimum atomic E-state index is -4.73. The Morgan fingerprint density at radius 3 is 2.56 bits per heavy atom. The largest absolute Gasteiger partial charge is 0.573 e. The molecule has 1 saturated heterocycles. The third-order valence-electron chi connectivity index (χ3n) is 4.78. The first-order valence-corrected chi connectivity index (χ1v) is 8.84. The van der Waals surface area contributed by atoms with Gasteiger partial charge in [-0.2, -0.15) is 0 Å². The first-order valence-electron chi connectivity index (χ1n) is 8.84. The van der Waals surface area contributed by atoms with E-state index in [4.69, 9.17) is 10.5 Å². The van der Waals surface area contributed by atoms with Crippen LogP contribution in [0, 0.1) is 0 Å². The fourth-order valence-electron chi connectivity index (χ4n) is 3.68. The molecule has 2 aromatic rings. The molecule has 2 N–H and O–H groups in total. The lowest BCUT2D eigenvalue weighted by atomic mass is 9.90. The van der Waals surface area contributed by atoms with Crippen LogP contribution in [0.2, 0.25) is 0 Å². The first-order chi connectivity index (χ1) is 12.9. The third kappa shape index (κ3) is 4.93.